The molecule has 1 aliphatic rings. The normalized spacial score (nSPS) is 39.5. The van der Waals surface area contributed by atoms with E-state index < -0.39 is 5.67 Å². The molecule has 1 aliphatic heterocycles. The van der Waals surface area contributed by atoms with Gasteiger partial charge in [-0.05, 0) is 25.7 Å². The minimum atomic E-state index is -0.967. The highest BCUT2D eigenvalue weighted by Gasteiger charge is 2.30. The number of halogens is 1. The summed E-state index contributed by atoms with van der Waals surface area (Å²) < 4.78 is 13.2. The summed E-state index contributed by atoms with van der Waals surface area (Å²) in [6, 6.07) is 0.527. The van der Waals surface area contributed by atoms with Crippen molar-refractivity contribution in [1.82, 2.24) is 5.32 Å². The second-order valence-electron chi connectivity index (χ2n) is 4.18. The summed E-state index contributed by atoms with van der Waals surface area (Å²) in [5.74, 6) is 0.631. The molecule has 0 radical (unpaired) electrons. The molecule has 11 heavy (non-hydrogen) atoms. The van der Waals surface area contributed by atoms with Gasteiger partial charge in [0.2, 0.25) is 0 Å². The molecule has 1 fully saturated rings. The molecule has 0 aromatic carbocycles. The molecule has 2 atom stereocenters. The van der Waals surface area contributed by atoms with Crippen molar-refractivity contribution in [2.24, 2.45) is 5.92 Å². The summed E-state index contributed by atoms with van der Waals surface area (Å²) in [5.41, 5.74) is -0.967. The van der Waals surface area contributed by atoms with Gasteiger partial charge >= 0.3 is 0 Å². The lowest BCUT2D eigenvalue weighted by atomic mass is 9.88. The second-order valence-corrected chi connectivity index (χ2v) is 4.18. The summed E-state index contributed by atoms with van der Waals surface area (Å²) in [6.45, 7) is 6.56. The molecule has 1 N–H and O–H groups in total. The fourth-order valence-electron chi connectivity index (χ4n) is 1.56. The molecular weight excluding hydrogens is 141 g/mol. The largest absolute Gasteiger partial charge is 0.311 e. The predicted octanol–water partition coefficient (Wildman–Crippen LogP) is 2.12. The van der Waals surface area contributed by atoms with E-state index in [-0.39, 0.29) is 0 Å². The Hall–Kier alpha value is -0.110. The van der Waals surface area contributed by atoms with Crippen LogP contribution in [-0.4, -0.2) is 18.3 Å². The third kappa shape index (κ3) is 2.44. The van der Waals surface area contributed by atoms with Gasteiger partial charge in [0.15, 0.2) is 0 Å². The summed E-state index contributed by atoms with van der Waals surface area (Å²) in [4.78, 5) is 0. The molecule has 0 saturated carbocycles. The minimum Gasteiger partial charge on any atom is -0.311 e. The van der Waals surface area contributed by atoms with Gasteiger partial charge in [0, 0.05) is 12.6 Å². The number of rotatable bonds is 1. The van der Waals surface area contributed by atoms with Crippen LogP contribution in [0.1, 0.15) is 33.6 Å². The lowest BCUT2D eigenvalue weighted by Gasteiger charge is -2.34. The maximum Gasteiger partial charge on any atom is 0.120 e. The van der Waals surface area contributed by atoms with Crippen molar-refractivity contribution in [3.63, 3.8) is 0 Å². The van der Waals surface area contributed by atoms with Crippen molar-refractivity contribution in [3.05, 3.63) is 0 Å². The van der Waals surface area contributed by atoms with E-state index in [1.54, 1.807) is 6.92 Å². The molecule has 0 aromatic heterocycles. The van der Waals surface area contributed by atoms with Gasteiger partial charge in [0.25, 0.3) is 0 Å². The lowest BCUT2D eigenvalue weighted by Crippen LogP contribution is -2.48. The Labute approximate surface area is 68.4 Å². The first-order chi connectivity index (χ1) is 5.01. The molecule has 1 nitrogen and oxygen atoms in total. The van der Waals surface area contributed by atoms with Crippen LogP contribution in [0, 0.1) is 5.92 Å². The Balaban J connectivity index is 2.36. The Bertz CT molecular complexity index is 122. The number of nitrogens with one attached hydrogen (secondary N) is 1. The fourth-order valence-corrected chi connectivity index (χ4v) is 1.56. The van der Waals surface area contributed by atoms with E-state index in [2.05, 4.69) is 19.2 Å². The van der Waals surface area contributed by atoms with Crippen LogP contribution in [0.25, 0.3) is 0 Å². The van der Waals surface area contributed by atoms with Crippen LogP contribution >= 0.6 is 0 Å². The number of alkyl halides is 1. The van der Waals surface area contributed by atoms with E-state index in [4.69, 9.17) is 0 Å². The maximum absolute atomic E-state index is 13.2. The van der Waals surface area contributed by atoms with Gasteiger partial charge in [0.1, 0.15) is 5.67 Å². The molecule has 1 saturated heterocycles. The quantitative estimate of drug-likeness (QED) is 0.618. The van der Waals surface area contributed by atoms with Crippen molar-refractivity contribution in [2.75, 3.05) is 6.54 Å². The highest BCUT2D eigenvalue weighted by atomic mass is 19.1. The van der Waals surface area contributed by atoms with Crippen molar-refractivity contribution >= 4 is 0 Å². The molecule has 1 rings (SSSR count). The van der Waals surface area contributed by atoms with Crippen LogP contribution in [0.5, 0.6) is 0 Å². The lowest BCUT2D eigenvalue weighted by molar-refractivity contribution is 0.113. The third-order valence-electron chi connectivity index (χ3n) is 2.51. The van der Waals surface area contributed by atoms with Gasteiger partial charge in [-0.3, -0.25) is 0 Å². The summed E-state index contributed by atoms with van der Waals surface area (Å²) in [7, 11) is 0. The van der Waals surface area contributed by atoms with Gasteiger partial charge in [-0.1, -0.05) is 13.8 Å². The molecule has 0 amide bonds. The van der Waals surface area contributed by atoms with Crippen molar-refractivity contribution < 1.29 is 4.39 Å². The van der Waals surface area contributed by atoms with E-state index >= 15 is 0 Å². The minimum absolute atomic E-state index is 0.524. The maximum atomic E-state index is 13.2. The number of hydrogen-bond donors (Lipinski definition) is 1. The molecule has 0 bridgehead atoms. The highest BCUT2D eigenvalue weighted by Crippen LogP contribution is 2.24. The first-order valence-electron chi connectivity index (χ1n) is 4.43. The van der Waals surface area contributed by atoms with Crippen LogP contribution in [0.3, 0.4) is 0 Å². The van der Waals surface area contributed by atoms with E-state index in [1.165, 1.54) is 0 Å². The summed E-state index contributed by atoms with van der Waals surface area (Å²) in [6.07, 6.45) is 1.69. The molecule has 1 heterocycles. The molecule has 0 aliphatic carbocycles. The Morgan fingerprint density at radius 3 is 2.55 bits per heavy atom. The van der Waals surface area contributed by atoms with Gasteiger partial charge in [-0.15, -0.1) is 0 Å². The molecular formula is C9H18FN. The standard InChI is InChI=1S/C9H18FN/c1-7(2)8-4-5-9(3,10)6-11-8/h7-8,11H,4-6H2,1-3H3. The Kier molecular flexibility index (Phi) is 2.53. The zero-order valence-corrected chi connectivity index (χ0v) is 7.65. The zero-order chi connectivity index (χ0) is 8.48. The molecule has 2 unspecified atom stereocenters. The predicted molar refractivity (Wildman–Crippen MR) is 45.4 cm³/mol. The smallest absolute Gasteiger partial charge is 0.120 e. The second kappa shape index (κ2) is 3.10. The van der Waals surface area contributed by atoms with Crippen molar-refractivity contribution in [2.45, 2.75) is 45.3 Å². The number of hydrogen-bond acceptors (Lipinski definition) is 1. The average Bonchev–Trinajstić information content (AvgIpc) is 1.86. The Morgan fingerprint density at radius 1 is 1.55 bits per heavy atom. The highest BCUT2D eigenvalue weighted by molar-refractivity contribution is 4.87. The average molecular weight is 159 g/mol. The first-order valence-corrected chi connectivity index (χ1v) is 4.43. The van der Waals surface area contributed by atoms with E-state index in [1.807, 2.05) is 0 Å². The monoisotopic (exact) mass is 159 g/mol. The summed E-state index contributed by atoms with van der Waals surface area (Å²) >= 11 is 0. The van der Waals surface area contributed by atoms with Crippen LogP contribution < -0.4 is 5.32 Å². The topological polar surface area (TPSA) is 12.0 Å². The molecule has 2 heteroatoms. The van der Waals surface area contributed by atoms with Gasteiger partial charge in [-0.25, -0.2) is 4.39 Å². The molecule has 0 spiro atoms. The third-order valence-corrected chi connectivity index (χ3v) is 2.51. The van der Waals surface area contributed by atoms with Crippen LogP contribution in [0.2, 0.25) is 0 Å². The first kappa shape index (κ1) is 8.98. The Morgan fingerprint density at radius 2 is 2.18 bits per heavy atom. The van der Waals surface area contributed by atoms with Crippen LogP contribution in [-0.2, 0) is 0 Å². The van der Waals surface area contributed by atoms with E-state index in [0.29, 0.717) is 24.9 Å². The number of piperidine rings is 1. The van der Waals surface area contributed by atoms with Gasteiger partial charge in [0.05, 0.1) is 0 Å². The molecule has 0 aromatic rings. The van der Waals surface area contributed by atoms with Crippen molar-refractivity contribution in [3.8, 4) is 0 Å². The van der Waals surface area contributed by atoms with E-state index in [0.717, 1.165) is 6.42 Å². The SMILES string of the molecule is CC(C)C1CCC(C)(F)CN1. The zero-order valence-electron chi connectivity index (χ0n) is 7.65. The summed E-state index contributed by atoms with van der Waals surface area (Å²) in [5, 5.41) is 3.23. The van der Waals surface area contributed by atoms with Gasteiger partial charge < -0.3 is 5.32 Å². The van der Waals surface area contributed by atoms with Crippen LogP contribution in [0.15, 0.2) is 0 Å². The van der Waals surface area contributed by atoms with Crippen molar-refractivity contribution in [1.29, 1.82) is 0 Å². The fraction of sp³-hybridized carbons (Fsp3) is 1.00. The van der Waals surface area contributed by atoms with Gasteiger partial charge in [-0.2, -0.15) is 0 Å². The van der Waals surface area contributed by atoms with Crippen LogP contribution in [0.4, 0.5) is 4.39 Å². The van der Waals surface area contributed by atoms with E-state index in [9.17, 15) is 4.39 Å². The molecule has 66 valence electrons.